The molecule has 13 heavy (non-hydrogen) atoms. The zero-order valence-electron chi connectivity index (χ0n) is 8.84. The smallest absolute Gasteiger partial charge is 0.0384 e. The summed E-state index contributed by atoms with van der Waals surface area (Å²) in [6.07, 6.45) is 7.12. The number of rotatable bonds is 3. The van der Waals surface area contributed by atoms with Crippen LogP contribution in [0.5, 0.6) is 0 Å². The Labute approximate surface area is 92.3 Å². The van der Waals surface area contributed by atoms with Gasteiger partial charge in [0.15, 0.2) is 0 Å². The topological polar surface area (TPSA) is 3.24 Å². The largest absolute Gasteiger partial charge is 0.373 e. The van der Waals surface area contributed by atoms with Gasteiger partial charge in [-0.2, -0.15) is 0 Å². The molecule has 0 aromatic carbocycles. The van der Waals surface area contributed by atoms with Gasteiger partial charge in [0, 0.05) is 19.3 Å². The standard InChI is InChI=1S/C11H19N.BrH/c1-4-5-6-12-8-10(2)7-11(3)9-12;/h7-8H,4-6,9H2,1-3H3;1H. The highest BCUT2D eigenvalue weighted by molar-refractivity contribution is 8.93. The van der Waals surface area contributed by atoms with Crippen LogP contribution in [0.25, 0.3) is 0 Å². The fraction of sp³-hybridized carbons (Fsp3) is 0.636. The van der Waals surface area contributed by atoms with E-state index in [0.29, 0.717) is 0 Å². The van der Waals surface area contributed by atoms with Crippen LogP contribution >= 0.6 is 17.0 Å². The van der Waals surface area contributed by atoms with Crippen molar-refractivity contribution in [3.8, 4) is 0 Å². The molecule has 0 amide bonds. The minimum Gasteiger partial charge on any atom is -0.373 e. The first-order chi connectivity index (χ1) is 5.72. The lowest BCUT2D eigenvalue weighted by Gasteiger charge is -2.24. The van der Waals surface area contributed by atoms with Crippen LogP contribution in [0, 0.1) is 0 Å². The number of unbranched alkanes of at least 4 members (excludes halogenated alkanes) is 1. The van der Waals surface area contributed by atoms with Crippen molar-refractivity contribution >= 4 is 17.0 Å². The van der Waals surface area contributed by atoms with E-state index in [9.17, 15) is 0 Å². The molecule has 0 unspecified atom stereocenters. The molecule has 76 valence electrons. The van der Waals surface area contributed by atoms with Crippen molar-refractivity contribution in [2.24, 2.45) is 0 Å². The summed E-state index contributed by atoms with van der Waals surface area (Å²) in [5.74, 6) is 0. The van der Waals surface area contributed by atoms with E-state index >= 15 is 0 Å². The first-order valence-corrected chi connectivity index (χ1v) is 4.82. The SMILES string of the molecule is Br.CCCCN1C=C(C)C=C(C)C1. The Kier molecular flexibility index (Phi) is 6.13. The van der Waals surface area contributed by atoms with Gasteiger partial charge >= 0.3 is 0 Å². The van der Waals surface area contributed by atoms with E-state index < -0.39 is 0 Å². The Morgan fingerprint density at radius 2 is 2.08 bits per heavy atom. The molecular weight excluding hydrogens is 226 g/mol. The number of hydrogen-bond donors (Lipinski definition) is 0. The summed E-state index contributed by atoms with van der Waals surface area (Å²) in [5.41, 5.74) is 2.86. The van der Waals surface area contributed by atoms with Gasteiger partial charge in [-0.15, -0.1) is 17.0 Å². The first kappa shape index (κ1) is 12.8. The maximum atomic E-state index is 2.41. The molecule has 1 rings (SSSR count). The molecule has 0 saturated heterocycles. The van der Waals surface area contributed by atoms with Gasteiger partial charge in [-0.1, -0.05) is 25.0 Å². The van der Waals surface area contributed by atoms with Crippen LogP contribution in [-0.4, -0.2) is 18.0 Å². The number of nitrogens with zero attached hydrogens (tertiary/aromatic N) is 1. The van der Waals surface area contributed by atoms with Gasteiger partial charge in [-0.3, -0.25) is 0 Å². The molecule has 0 N–H and O–H groups in total. The summed E-state index contributed by atoms with van der Waals surface area (Å²) in [6, 6.07) is 0. The average Bonchev–Trinajstić information content (AvgIpc) is 1.99. The highest BCUT2D eigenvalue weighted by Gasteiger charge is 2.05. The molecule has 1 nitrogen and oxygen atoms in total. The highest BCUT2D eigenvalue weighted by Crippen LogP contribution is 2.12. The Hall–Kier alpha value is -0.240. The first-order valence-electron chi connectivity index (χ1n) is 4.82. The molecule has 2 heteroatoms. The normalized spacial score (nSPS) is 16.1. The molecule has 0 aliphatic carbocycles. The van der Waals surface area contributed by atoms with Crippen LogP contribution in [0.3, 0.4) is 0 Å². The molecular formula is C11H20BrN. The van der Waals surface area contributed by atoms with Crippen molar-refractivity contribution in [3.05, 3.63) is 23.4 Å². The van der Waals surface area contributed by atoms with Crippen LogP contribution in [0.4, 0.5) is 0 Å². The lowest BCUT2D eigenvalue weighted by Crippen LogP contribution is -2.23. The molecule has 0 spiro atoms. The lowest BCUT2D eigenvalue weighted by atomic mass is 10.1. The van der Waals surface area contributed by atoms with E-state index in [0.717, 1.165) is 6.54 Å². The third-order valence-electron chi connectivity index (χ3n) is 2.11. The second-order valence-corrected chi connectivity index (χ2v) is 3.69. The summed E-state index contributed by atoms with van der Waals surface area (Å²) in [5, 5.41) is 0. The van der Waals surface area contributed by atoms with Gasteiger partial charge in [0.1, 0.15) is 0 Å². The zero-order valence-corrected chi connectivity index (χ0v) is 10.6. The molecule has 1 heterocycles. The van der Waals surface area contributed by atoms with Crippen molar-refractivity contribution in [2.75, 3.05) is 13.1 Å². The quantitative estimate of drug-likeness (QED) is 0.736. The zero-order chi connectivity index (χ0) is 8.97. The Balaban J connectivity index is 0.00000144. The van der Waals surface area contributed by atoms with Gasteiger partial charge in [0.2, 0.25) is 0 Å². The molecule has 1 aliphatic rings. The van der Waals surface area contributed by atoms with Crippen molar-refractivity contribution in [3.63, 3.8) is 0 Å². The van der Waals surface area contributed by atoms with Crippen LogP contribution in [-0.2, 0) is 0 Å². The van der Waals surface area contributed by atoms with Crippen LogP contribution < -0.4 is 0 Å². The second kappa shape index (κ2) is 6.25. The minimum absolute atomic E-state index is 0. The highest BCUT2D eigenvalue weighted by atomic mass is 79.9. The van der Waals surface area contributed by atoms with E-state index in [-0.39, 0.29) is 17.0 Å². The van der Waals surface area contributed by atoms with Crippen LogP contribution in [0.15, 0.2) is 23.4 Å². The summed E-state index contributed by atoms with van der Waals surface area (Å²) in [4.78, 5) is 2.41. The Bertz CT molecular complexity index is 206. The minimum atomic E-state index is 0. The Morgan fingerprint density at radius 3 is 2.62 bits per heavy atom. The van der Waals surface area contributed by atoms with Crippen LogP contribution in [0.2, 0.25) is 0 Å². The van der Waals surface area contributed by atoms with Crippen molar-refractivity contribution in [2.45, 2.75) is 33.6 Å². The molecule has 0 saturated carbocycles. The molecule has 0 bridgehead atoms. The molecule has 0 atom stereocenters. The monoisotopic (exact) mass is 245 g/mol. The van der Waals surface area contributed by atoms with Gasteiger partial charge < -0.3 is 4.90 Å². The molecule has 0 aromatic rings. The second-order valence-electron chi connectivity index (χ2n) is 3.69. The molecule has 1 aliphatic heterocycles. The van der Waals surface area contributed by atoms with E-state index in [1.54, 1.807) is 0 Å². The average molecular weight is 246 g/mol. The van der Waals surface area contributed by atoms with E-state index in [2.05, 4.69) is 37.9 Å². The van der Waals surface area contributed by atoms with Gasteiger partial charge in [0.25, 0.3) is 0 Å². The summed E-state index contributed by atoms with van der Waals surface area (Å²) in [6.45, 7) is 8.94. The predicted molar refractivity (Wildman–Crippen MR) is 64.3 cm³/mol. The number of halogens is 1. The maximum absolute atomic E-state index is 2.41. The van der Waals surface area contributed by atoms with Crippen molar-refractivity contribution in [1.82, 2.24) is 4.90 Å². The number of allylic oxidation sites excluding steroid dienone is 2. The Morgan fingerprint density at radius 1 is 1.38 bits per heavy atom. The third-order valence-corrected chi connectivity index (χ3v) is 2.11. The third kappa shape index (κ3) is 4.51. The fourth-order valence-electron chi connectivity index (χ4n) is 1.63. The maximum Gasteiger partial charge on any atom is 0.0384 e. The molecule has 0 fully saturated rings. The fourth-order valence-corrected chi connectivity index (χ4v) is 1.63. The number of hydrogen-bond acceptors (Lipinski definition) is 1. The molecule has 0 radical (unpaired) electrons. The summed E-state index contributed by atoms with van der Waals surface area (Å²) >= 11 is 0. The van der Waals surface area contributed by atoms with Crippen molar-refractivity contribution in [1.29, 1.82) is 0 Å². The van der Waals surface area contributed by atoms with E-state index in [4.69, 9.17) is 0 Å². The van der Waals surface area contributed by atoms with Gasteiger partial charge in [-0.05, 0) is 25.8 Å². The van der Waals surface area contributed by atoms with Gasteiger partial charge in [-0.25, -0.2) is 0 Å². The van der Waals surface area contributed by atoms with E-state index in [1.807, 2.05) is 0 Å². The molecule has 0 aromatic heterocycles. The predicted octanol–water partition coefficient (Wildman–Crippen LogP) is 3.53. The van der Waals surface area contributed by atoms with Gasteiger partial charge in [0.05, 0.1) is 0 Å². The summed E-state index contributed by atoms with van der Waals surface area (Å²) < 4.78 is 0. The van der Waals surface area contributed by atoms with Crippen molar-refractivity contribution < 1.29 is 0 Å². The summed E-state index contributed by atoms with van der Waals surface area (Å²) in [7, 11) is 0. The lowest BCUT2D eigenvalue weighted by molar-refractivity contribution is 0.389. The van der Waals surface area contributed by atoms with Crippen LogP contribution in [0.1, 0.15) is 33.6 Å². The van der Waals surface area contributed by atoms with E-state index in [1.165, 1.54) is 30.5 Å².